The molecule has 170 valence electrons. The van der Waals surface area contributed by atoms with Gasteiger partial charge in [-0.1, -0.05) is 6.07 Å². The van der Waals surface area contributed by atoms with E-state index in [4.69, 9.17) is 0 Å². The highest BCUT2D eigenvalue weighted by Gasteiger charge is 2.18. The number of nitrogens with zero attached hydrogens (tertiary/aromatic N) is 1. The number of aryl methyl sites for hydroxylation is 3. The van der Waals surface area contributed by atoms with Crippen LogP contribution in [0.1, 0.15) is 40.3 Å². The van der Waals surface area contributed by atoms with Crippen molar-refractivity contribution < 1.29 is 13.2 Å². The maximum Gasteiger partial charge on any atom is 0.240 e. The van der Waals surface area contributed by atoms with Gasteiger partial charge >= 0.3 is 0 Å². The number of amides is 1. The minimum Gasteiger partial charge on any atom is -0.356 e. The zero-order chi connectivity index (χ0) is 22.6. The van der Waals surface area contributed by atoms with Gasteiger partial charge in [-0.3, -0.25) is 4.79 Å². The smallest absolute Gasteiger partial charge is 0.240 e. The number of nitrogens with one attached hydrogen (secondary N) is 2. The van der Waals surface area contributed by atoms with Crippen molar-refractivity contribution in [1.82, 2.24) is 15.0 Å². The Bertz CT molecular complexity index is 1200. The van der Waals surface area contributed by atoms with E-state index in [2.05, 4.69) is 32.5 Å². The van der Waals surface area contributed by atoms with Gasteiger partial charge in [0.2, 0.25) is 15.9 Å². The van der Waals surface area contributed by atoms with E-state index in [9.17, 15) is 13.2 Å². The molecule has 4 rings (SSSR count). The van der Waals surface area contributed by atoms with Crippen LogP contribution in [0.15, 0.2) is 40.6 Å². The zero-order valence-electron chi connectivity index (χ0n) is 18.0. The van der Waals surface area contributed by atoms with Crippen LogP contribution in [-0.2, 0) is 34.1 Å². The standard InChI is InChI=1S/C23H27N3O3S3/c1-16-26-21(15-30-16)22-9-7-19(31-22)10-12-24-23(27)11-13-25-32(28,29)20-8-6-17-4-2-3-5-18(17)14-20/h6-9,14-15,25H,2-5,10-13H2,1H3,(H,24,27). The SMILES string of the molecule is Cc1nc(-c2ccc(CCNC(=O)CCNS(=O)(=O)c3ccc4c(c3)CCCC4)s2)cs1. The maximum absolute atomic E-state index is 12.6. The molecular formula is C23H27N3O3S3. The molecule has 0 bridgehead atoms. The molecule has 0 atom stereocenters. The van der Waals surface area contributed by atoms with E-state index in [0.29, 0.717) is 6.54 Å². The number of thiazole rings is 1. The zero-order valence-corrected chi connectivity index (χ0v) is 20.5. The lowest BCUT2D eigenvalue weighted by Crippen LogP contribution is -2.31. The number of hydrogen-bond acceptors (Lipinski definition) is 6. The monoisotopic (exact) mass is 489 g/mol. The van der Waals surface area contributed by atoms with Gasteiger partial charge in [-0.25, -0.2) is 18.1 Å². The van der Waals surface area contributed by atoms with Crippen LogP contribution in [0.4, 0.5) is 0 Å². The van der Waals surface area contributed by atoms with Crippen molar-refractivity contribution in [2.24, 2.45) is 0 Å². The first-order chi connectivity index (χ1) is 15.4. The molecule has 6 nitrogen and oxygen atoms in total. The topological polar surface area (TPSA) is 88.2 Å². The van der Waals surface area contributed by atoms with Crippen molar-refractivity contribution in [1.29, 1.82) is 0 Å². The van der Waals surface area contributed by atoms with E-state index < -0.39 is 10.0 Å². The highest BCUT2D eigenvalue weighted by Crippen LogP contribution is 2.29. The van der Waals surface area contributed by atoms with Gasteiger partial charge in [0.15, 0.2) is 0 Å². The molecule has 32 heavy (non-hydrogen) atoms. The second-order valence-electron chi connectivity index (χ2n) is 7.90. The van der Waals surface area contributed by atoms with E-state index in [1.807, 2.05) is 13.0 Å². The summed E-state index contributed by atoms with van der Waals surface area (Å²) in [6, 6.07) is 9.48. The first kappa shape index (κ1) is 23.1. The fraction of sp³-hybridized carbons (Fsp3) is 0.391. The lowest BCUT2D eigenvalue weighted by atomic mass is 9.92. The number of benzene rings is 1. The van der Waals surface area contributed by atoms with E-state index in [0.717, 1.165) is 53.2 Å². The van der Waals surface area contributed by atoms with Crippen molar-refractivity contribution in [3.63, 3.8) is 0 Å². The molecule has 1 aliphatic rings. The summed E-state index contributed by atoms with van der Waals surface area (Å²) in [5, 5.41) is 5.97. The lowest BCUT2D eigenvalue weighted by Gasteiger charge is -2.16. The Kier molecular flexibility index (Phi) is 7.40. The highest BCUT2D eigenvalue weighted by molar-refractivity contribution is 7.89. The number of rotatable bonds is 9. The Balaban J connectivity index is 1.20. The quantitative estimate of drug-likeness (QED) is 0.474. The van der Waals surface area contributed by atoms with Crippen molar-refractivity contribution in [2.75, 3.05) is 13.1 Å². The molecule has 0 saturated carbocycles. The van der Waals surface area contributed by atoms with Crippen molar-refractivity contribution >= 4 is 38.6 Å². The summed E-state index contributed by atoms with van der Waals surface area (Å²) < 4.78 is 27.7. The largest absolute Gasteiger partial charge is 0.356 e. The molecule has 0 fully saturated rings. The van der Waals surface area contributed by atoms with Gasteiger partial charge in [-0.15, -0.1) is 22.7 Å². The van der Waals surface area contributed by atoms with Crippen molar-refractivity contribution in [3.8, 4) is 10.6 Å². The molecule has 2 aromatic heterocycles. The van der Waals surface area contributed by atoms with Gasteiger partial charge in [0.05, 0.1) is 20.5 Å². The molecule has 1 amide bonds. The Hall–Kier alpha value is -2.07. The van der Waals surface area contributed by atoms with E-state index in [1.54, 1.807) is 34.8 Å². The van der Waals surface area contributed by atoms with Gasteiger partial charge in [-0.05, 0) is 74.4 Å². The third kappa shape index (κ3) is 5.83. The first-order valence-corrected chi connectivity index (χ1v) is 14.0. The van der Waals surface area contributed by atoms with Crippen LogP contribution >= 0.6 is 22.7 Å². The molecule has 0 unspecified atom stereocenters. The summed E-state index contributed by atoms with van der Waals surface area (Å²) >= 11 is 3.31. The molecule has 2 heterocycles. The number of thiophene rings is 1. The number of fused-ring (bicyclic) bond motifs is 1. The molecule has 3 aromatic rings. The molecule has 1 aromatic carbocycles. The maximum atomic E-state index is 12.6. The average Bonchev–Trinajstić information content (AvgIpc) is 3.42. The second-order valence-corrected chi connectivity index (χ2v) is 11.9. The predicted molar refractivity (Wildman–Crippen MR) is 130 cm³/mol. The van der Waals surface area contributed by atoms with Gasteiger partial charge < -0.3 is 5.32 Å². The van der Waals surface area contributed by atoms with Gasteiger partial charge in [0.25, 0.3) is 0 Å². The molecule has 0 aliphatic heterocycles. The number of aromatic nitrogens is 1. The minimum absolute atomic E-state index is 0.0809. The Morgan fingerprint density at radius 3 is 2.69 bits per heavy atom. The van der Waals surface area contributed by atoms with E-state index >= 15 is 0 Å². The third-order valence-electron chi connectivity index (χ3n) is 5.50. The first-order valence-electron chi connectivity index (χ1n) is 10.8. The summed E-state index contributed by atoms with van der Waals surface area (Å²) in [5.41, 5.74) is 3.37. The minimum atomic E-state index is -3.61. The molecule has 2 N–H and O–H groups in total. The van der Waals surface area contributed by atoms with Crippen LogP contribution in [-0.4, -0.2) is 32.4 Å². The Morgan fingerprint density at radius 1 is 1.09 bits per heavy atom. The molecule has 9 heteroatoms. The van der Waals surface area contributed by atoms with Gasteiger partial charge in [0, 0.05) is 29.8 Å². The summed E-state index contributed by atoms with van der Waals surface area (Å²) in [7, 11) is -3.61. The number of carbonyl (C=O) groups excluding carboxylic acids is 1. The lowest BCUT2D eigenvalue weighted by molar-refractivity contribution is -0.120. The van der Waals surface area contributed by atoms with Gasteiger partial charge in [-0.2, -0.15) is 0 Å². The number of carbonyl (C=O) groups is 1. The summed E-state index contributed by atoms with van der Waals surface area (Å²) in [4.78, 5) is 19.2. The van der Waals surface area contributed by atoms with Crippen LogP contribution in [0, 0.1) is 6.92 Å². The molecular weight excluding hydrogens is 462 g/mol. The number of hydrogen-bond donors (Lipinski definition) is 2. The van der Waals surface area contributed by atoms with Crippen LogP contribution in [0.2, 0.25) is 0 Å². The molecule has 0 saturated heterocycles. The van der Waals surface area contributed by atoms with Crippen molar-refractivity contribution in [2.45, 2.75) is 50.3 Å². The predicted octanol–water partition coefficient (Wildman–Crippen LogP) is 4.09. The van der Waals surface area contributed by atoms with Crippen LogP contribution in [0.3, 0.4) is 0 Å². The van der Waals surface area contributed by atoms with Gasteiger partial charge in [0.1, 0.15) is 0 Å². The van der Waals surface area contributed by atoms with Crippen LogP contribution in [0.5, 0.6) is 0 Å². The van der Waals surface area contributed by atoms with E-state index in [-0.39, 0.29) is 23.8 Å². The van der Waals surface area contributed by atoms with Crippen LogP contribution in [0.25, 0.3) is 10.6 Å². The summed E-state index contributed by atoms with van der Waals surface area (Å²) in [6.07, 6.45) is 5.04. The fourth-order valence-electron chi connectivity index (χ4n) is 3.80. The number of sulfonamides is 1. The average molecular weight is 490 g/mol. The third-order valence-corrected chi connectivity index (χ3v) is 8.90. The Labute approximate surface area is 197 Å². The molecule has 0 radical (unpaired) electrons. The van der Waals surface area contributed by atoms with Crippen LogP contribution < -0.4 is 10.0 Å². The van der Waals surface area contributed by atoms with Crippen molar-refractivity contribution in [3.05, 3.63) is 56.7 Å². The summed E-state index contributed by atoms with van der Waals surface area (Å²) in [6.45, 7) is 2.59. The fourth-order valence-corrected chi connectivity index (χ4v) is 6.54. The van der Waals surface area contributed by atoms with E-state index in [1.165, 1.54) is 10.4 Å². The summed E-state index contributed by atoms with van der Waals surface area (Å²) in [5.74, 6) is -0.162. The molecule has 1 aliphatic carbocycles. The second kappa shape index (κ2) is 10.2. The normalized spacial score (nSPS) is 13.7. The highest BCUT2D eigenvalue weighted by atomic mass is 32.2. The molecule has 0 spiro atoms. The Morgan fingerprint density at radius 2 is 1.91 bits per heavy atom.